The van der Waals surface area contributed by atoms with Gasteiger partial charge in [-0.05, 0) is 37.1 Å². The molecule has 1 aliphatic rings. The molecule has 1 saturated heterocycles. The number of carbonyl (C=O) groups excluding carboxylic acids is 1. The maximum atomic E-state index is 12.3. The SMILES string of the molecule is COc1ccc(-c2nc(SCC(=O)NCC3CCCO3)c(-c3ccccc3)[nH]2)cc1. The third-order valence-electron chi connectivity index (χ3n) is 4.99. The molecule has 0 radical (unpaired) electrons. The zero-order valence-electron chi connectivity index (χ0n) is 16.9. The van der Waals surface area contributed by atoms with Crippen molar-refractivity contribution in [2.75, 3.05) is 26.0 Å². The minimum absolute atomic E-state index is 0.0106. The molecule has 1 fully saturated rings. The van der Waals surface area contributed by atoms with E-state index in [-0.39, 0.29) is 12.0 Å². The van der Waals surface area contributed by atoms with E-state index < -0.39 is 0 Å². The number of ether oxygens (including phenoxy) is 2. The van der Waals surface area contributed by atoms with Crippen LogP contribution in [0.4, 0.5) is 0 Å². The van der Waals surface area contributed by atoms with Crippen molar-refractivity contribution in [2.24, 2.45) is 0 Å². The van der Waals surface area contributed by atoms with Crippen molar-refractivity contribution < 1.29 is 14.3 Å². The predicted octanol–water partition coefficient (Wildman–Crippen LogP) is 4.14. The number of nitrogens with zero attached hydrogens (tertiary/aromatic N) is 1. The van der Waals surface area contributed by atoms with Crippen molar-refractivity contribution in [2.45, 2.75) is 24.0 Å². The zero-order chi connectivity index (χ0) is 20.8. The van der Waals surface area contributed by atoms with Crippen molar-refractivity contribution >= 4 is 17.7 Å². The first-order chi connectivity index (χ1) is 14.7. The highest BCUT2D eigenvalue weighted by molar-refractivity contribution is 8.00. The van der Waals surface area contributed by atoms with Crippen LogP contribution in [0.2, 0.25) is 0 Å². The number of carbonyl (C=O) groups is 1. The smallest absolute Gasteiger partial charge is 0.230 e. The van der Waals surface area contributed by atoms with Crippen LogP contribution in [-0.4, -0.2) is 48.0 Å². The van der Waals surface area contributed by atoms with E-state index in [0.29, 0.717) is 12.3 Å². The zero-order valence-corrected chi connectivity index (χ0v) is 17.7. The molecule has 1 atom stereocenters. The van der Waals surface area contributed by atoms with Crippen molar-refractivity contribution in [3.8, 4) is 28.4 Å². The number of thioether (sulfide) groups is 1. The summed E-state index contributed by atoms with van der Waals surface area (Å²) >= 11 is 1.44. The molecule has 30 heavy (non-hydrogen) atoms. The second-order valence-electron chi connectivity index (χ2n) is 7.09. The van der Waals surface area contributed by atoms with Gasteiger partial charge in [0.2, 0.25) is 5.91 Å². The summed E-state index contributed by atoms with van der Waals surface area (Å²) in [6, 6.07) is 17.8. The Morgan fingerprint density at radius 3 is 2.70 bits per heavy atom. The van der Waals surface area contributed by atoms with Crippen molar-refractivity contribution in [1.82, 2.24) is 15.3 Å². The van der Waals surface area contributed by atoms with Crippen LogP contribution in [0.25, 0.3) is 22.6 Å². The minimum atomic E-state index is -0.0106. The Bertz CT molecular complexity index is 967. The average Bonchev–Trinajstić information content (AvgIpc) is 3.47. The molecule has 2 aromatic carbocycles. The summed E-state index contributed by atoms with van der Waals surface area (Å²) in [5.74, 6) is 1.85. The molecular weight excluding hydrogens is 398 g/mol. The van der Waals surface area contributed by atoms with Gasteiger partial charge in [-0.3, -0.25) is 4.79 Å². The standard InChI is InChI=1S/C23H25N3O3S/c1-28-18-11-9-17(10-12-18)22-25-21(16-6-3-2-4-7-16)23(26-22)30-15-20(27)24-14-19-8-5-13-29-19/h2-4,6-7,9-12,19H,5,8,13-15H2,1H3,(H,24,27)(H,25,26). The van der Waals surface area contributed by atoms with E-state index >= 15 is 0 Å². The predicted molar refractivity (Wildman–Crippen MR) is 119 cm³/mol. The Morgan fingerprint density at radius 2 is 2.00 bits per heavy atom. The Morgan fingerprint density at radius 1 is 1.20 bits per heavy atom. The molecule has 0 saturated carbocycles. The Kier molecular flexibility index (Phi) is 6.71. The lowest BCUT2D eigenvalue weighted by atomic mass is 10.2. The first kappa shape index (κ1) is 20.5. The Labute approximate surface area is 180 Å². The van der Waals surface area contributed by atoms with Gasteiger partial charge in [0.25, 0.3) is 0 Å². The van der Waals surface area contributed by atoms with Crippen molar-refractivity contribution in [3.63, 3.8) is 0 Å². The number of aromatic nitrogens is 2. The second kappa shape index (κ2) is 9.82. The fourth-order valence-electron chi connectivity index (χ4n) is 3.37. The van der Waals surface area contributed by atoms with Crippen LogP contribution in [-0.2, 0) is 9.53 Å². The normalized spacial score (nSPS) is 15.8. The molecule has 1 unspecified atom stereocenters. The number of rotatable bonds is 8. The van der Waals surface area contributed by atoms with Gasteiger partial charge >= 0.3 is 0 Å². The molecule has 7 heteroatoms. The largest absolute Gasteiger partial charge is 0.497 e. The molecule has 2 N–H and O–H groups in total. The van der Waals surface area contributed by atoms with Crippen molar-refractivity contribution in [1.29, 1.82) is 0 Å². The van der Waals surface area contributed by atoms with Gasteiger partial charge in [-0.1, -0.05) is 42.1 Å². The van der Waals surface area contributed by atoms with Crippen LogP contribution >= 0.6 is 11.8 Å². The highest BCUT2D eigenvalue weighted by atomic mass is 32.2. The van der Waals surface area contributed by atoms with E-state index in [0.717, 1.165) is 52.9 Å². The first-order valence-corrected chi connectivity index (χ1v) is 11.0. The Hall–Kier alpha value is -2.77. The quantitative estimate of drug-likeness (QED) is 0.533. The number of benzene rings is 2. The lowest BCUT2D eigenvalue weighted by molar-refractivity contribution is -0.119. The lowest BCUT2D eigenvalue weighted by Gasteiger charge is -2.10. The summed E-state index contributed by atoms with van der Waals surface area (Å²) < 4.78 is 10.8. The average molecular weight is 424 g/mol. The van der Waals surface area contributed by atoms with Crippen LogP contribution in [0.15, 0.2) is 59.6 Å². The maximum Gasteiger partial charge on any atom is 0.230 e. The summed E-state index contributed by atoms with van der Waals surface area (Å²) in [5.41, 5.74) is 2.91. The topological polar surface area (TPSA) is 76.2 Å². The minimum Gasteiger partial charge on any atom is -0.497 e. The van der Waals surface area contributed by atoms with Crippen LogP contribution in [0.5, 0.6) is 5.75 Å². The Balaban J connectivity index is 1.49. The van der Waals surface area contributed by atoms with Gasteiger partial charge in [-0.2, -0.15) is 0 Å². The molecule has 6 nitrogen and oxygen atoms in total. The molecular formula is C23H25N3O3S. The summed E-state index contributed by atoms with van der Waals surface area (Å²) in [5, 5.41) is 3.77. The second-order valence-corrected chi connectivity index (χ2v) is 8.05. The van der Waals surface area contributed by atoms with Gasteiger partial charge in [0.15, 0.2) is 0 Å². The highest BCUT2D eigenvalue weighted by Gasteiger charge is 2.18. The van der Waals surface area contributed by atoms with Crippen LogP contribution in [0, 0.1) is 0 Å². The number of methoxy groups -OCH3 is 1. The summed E-state index contributed by atoms with van der Waals surface area (Å²) in [4.78, 5) is 20.5. The first-order valence-electron chi connectivity index (χ1n) is 10.0. The summed E-state index contributed by atoms with van der Waals surface area (Å²) in [6.45, 7) is 1.36. The van der Waals surface area contributed by atoms with Gasteiger partial charge in [-0.15, -0.1) is 0 Å². The van der Waals surface area contributed by atoms with Gasteiger partial charge in [0, 0.05) is 24.3 Å². The van der Waals surface area contributed by atoms with Gasteiger partial charge in [0.05, 0.1) is 24.7 Å². The molecule has 1 aliphatic heterocycles. The lowest BCUT2D eigenvalue weighted by Crippen LogP contribution is -2.32. The number of hydrogen-bond acceptors (Lipinski definition) is 5. The number of aromatic amines is 1. The monoisotopic (exact) mass is 423 g/mol. The molecule has 1 aromatic heterocycles. The van der Waals surface area contributed by atoms with Gasteiger partial charge in [-0.25, -0.2) is 4.98 Å². The third-order valence-corrected chi connectivity index (χ3v) is 5.96. The number of imidazole rings is 1. The van der Waals surface area contributed by atoms with Gasteiger partial charge in [0.1, 0.15) is 16.6 Å². The molecule has 2 heterocycles. The highest BCUT2D eigenvalue weighted by Crippen LogP contribution is 2.32. The van der Waals surface area contributed by atoms with E-state index in [1.54, 1.807) is 7.11 Å². The van der Waals surface area contributed by atoms with Crippen LogP contribution < -0.4 is 10.1 Å². The molecule has 3 aromatic rings. The van der Waals surface area contributed by atoms with Crippen LogP contribution in [0.3, 0.4) is 0 Å². The summed E-state index contributed by atoms with van der Waals surface area (Å²) in [6.07, 6.45) is 2.22. The van der Waals surface area contributed by atoms with Gasteiger partial charge < -0.3 is 19.8 Å². The fraction of sp³-hybridized carbons (Fsp3) is 0.304. The number of hydrogen-bond donors (Lipinski definition) is 2. The third kappa shape index (κ3) is 5.04. The van der Waals surface area contributed by atoms with E-state index in [2.05, 4.69) is 10.3 Å². The van der Waals surface area contributed by atoms with E-state index in [9.17, 15) is 4.79 Å². The summed E-state index contributed by atoms with van der Waals surface area (Å²) in [7, 11) is 1.65. The molecule has 0 spiro atoms. The van der Waals surface area contributed by atoms with E-state index in [1.807, 2.05) is 54.6 Å². The molecule has 0 aliphatic carbocycles. The fourth-order valence-corrected chi connectivity index (χ4v) is 4.20. The van der Waals surface area contributed by atoms with E-state index in [4.69, 9.17) is 14.5 Å². The molecule has 1 amide bonds. The maximum absolute atomic E-state index is 12.3. The molecule has 4 rings (SSSR count). The van der Waals surface area contributed by atoms with Crippen LogP contribution in [0.1, 0.15) is 12.8 Å². The number of nitrogens with one attached hydrogen (secondary N) is 2. The number of H-pyrrole nitrogens is 1. The molecule has 156 valence electrons. The molecule has 0 bridgehead atoms. The van der Waals surface area contributed by atoms with E-state index in [1.165, 1.54) is 11.8 Å². The van der Waals surface area contributed by atoms with Crippen molar-refractivity contribution in [3.05, 3.63) is 54.6 Å². The number of amides is 1.